The molecule has 0 amide bonds. The number of rotatable bonds is 8. The molecule has 8 nitrogen and oxygen atoms in total. The predicted molar refractivity (Wildman–Crippen MR) is 199 cm³/mol. The summed E-state index contributed by atoms with van der Waals surface area (Å²) in [6.45, 7) is 0. The predicted octanol–water partition coefficient (Wildman–Crippen LogP) is 10.1. The molecule has 0 spiro atoms. The summed E-state index contributed by atoms with van der Waals surface area (Å²) in [5.74, 6) is -9.27. The molecule has 0 aliphatic heterocycles. The van der Waals surface area contributed by atoms with Crippen molar-refractivity contribution in [3.8, 4) is 12.1 Å². The second kappa shape index (κ2) is 12.8. The summed E-state index contributed by atoms with van der Waals surface area (Å²) in [6.07, 6.45) is 4.89. The number of thiophene rings is 3. The fraction of sp³-hybridized carbons (Fsp3) is 0.0556. The highest BCUT2D eigenvalue weighted by molar-refractivity contribution is 7.34. The van der Waals surface area contributed by atoms with E-state index in [9.17, 15) is 22.8 Å². The molecule has 7 aromatic rings. The number of aryl methyl sites for hydroxylation is 2. The first-order valence-corrected chi connectivity index (χ1v) is 17.4. The van der Waals surface area contributed by atoms with Gasteiger partial charge in [-0.1, -0.05) is 0 Å². The van der Waals surface area contributed by atoms with E-state index in [-0.39, 0.29) is 17.4 Å². The van der Waals surface area contributed by atoms with Crippen LogP contribution in [0.4, 0.5) is 26.3 Å². The van der Waals surface area contributed by atoms with Gasteiger partial charge in [0.1, 0.15) is 17.7 Å². The van der Waals surface area contributed by atoms with Crippen LogP contribution in [0, 0.1) is 79.2 Å². The molecule has 5 aromatic heterocycles. The van der Waals surface area contributed by atoms with Gasteiger partial charge in [-0.3, -0.25) is 0 Å². The fourth-order valence-electron chi connectivity index (χ4n) is 6.40. The second-order valence-electron chi connectivity index (χ2n) is 11.5. The average molecular weight is 773 g/mol. The molecule has 2 aromatic carbocycles. The van der Waals surface area contributed by atoms with E-state index in [4.69, 9.17) is 26.9 Å². The van der Waals surface area contributed by atoms with E-state index in [0.29, 0.717) is 28.4 Å². The summed E-state index contributed by atoms with van der Waals surface area (Å²) >= 11 is 4.04. The van der Waals surface area contributed by atoms with Crippen molar-refractivity contribution >= 4 is 123 Å². The van der Waals surface area contributed by atoms with E-state index in [2.05, 4.69) is 0 Å². The third-order valence-electron chi connectivity index (χ3n) is 8.84. The lowest BCUT2D eigenvalue weighted by Crippen LogP contribution is -2.08. The van der Waals surface area contributed by atoms with Crippen molar-refractivity contribution in [2.75, 3.05) is 0 Å². The Kier molecular flexibility index (Phi) is 8.53. The van der Waals surface area contributed by atoms with Crippen molar-refractivity contribution < 1.29 is 26.3 Å². The molecule has 5 heterocycles. The Balaban J connectivity index is 1.37. The summed E-state index contributed by atoms with van der Waals surface area (Å²) in [5.41, 5.74) is -2.17. The van der Waals surface area contributed by atoms with Gasteiger partial charge in [-0.15, -0.1) is 34.0 Å². The molecule has 0 aliphatic rings. The Morgan fingerprint density at radius 1 is 0.585 bits per heavy atom. The van der Waals surface area contributed by atoms with Crippen LogP contribution in [-0.4, -0.2) is 34.0 Å². The number of fused-ring (bicyclic) bond motifs is 7. The standard InChI is InChI=1S/C36H18F6N8S3/c1-49-21-5-15(3-13(7-43)23-17(9-45)25(37)19(11-47)27(39)29(23)41)51-33(21)35-31(49)32-36(53-35)34-22(50(32)2)6-16(52-34)4-14(8-44)24-18(10-46)26(38)20(12-48)28(40)30(24)42/h3-9,12,43-45,48H,1-2H3/b13-3+,14-4+,43-7?,44-8?,45-9?,48-12?. The third-order valence-corrected chi connectivity index (χ3v) is 12.5. The Morgan fingerprint density at radius 3 is 1.49 bits per heavy atom. The number of nitrogens with zero attached hydrogens (tertiary/aromatic N) is 4. The summed E-state index contributed by atoms with van der Waals surface area (Å²) in [4.78, 5) is 1.02. The Labute approximate surface area is 306 Å². The zero-order valence-corrected chi connectivity index (χ0v) is 29.3. The Bertz CT molecular complexity index is 2990. The third kappa shape index (κ3) is 4.92. The highest BCUT2D eigenvalue weighted by Gasteiger charge is 2.28. The number of benzene rings is 2. The molecule has 0 atom stereocenters. The molecule has 4 N–H and O–H groups in total. The van der Waals surface area contributed by atoms with Crippen LogP contribution in [0.3, 0.4) is 0 Å². The van der Waals surface area contributed by atoms with E-state index in [1.54, 1.807) is 12.1 Å². The Morgan fingerprint density at radius 2 is 1.04 bits per heavy atom. The molecule has 0 bridgehead atoms. The van der Waals surface area contributed by atoms with Gasteiger partial charge in [0.25, 0.3) is 0 Å². The molecule has 7 rings (SSSR count). The second-order valence-corrected chi connectivity index (χ2v) is 14.7. The first kappa shape index (κ1) is 35.3. The number of aromatic nitrogens is 2. The maximum atomic E-state index is 15.2. The molecule has 53 heavy (non-hydrogen) atoms. The largest absolute Gasteiger partial charge is 0.340 e. The molecule has 0 saturated heterocycles. The van der Waals surface area contributed by atoms with Gasteiger partial charge in [0.2, 0.25) is 0 Å². The SMILES string of the molecule is Cn1c2cc(/C=C(\C=N)c3c(F)c(F)c(C=N)c(F)c3C#N)sc2c2sc3c4sc(/C=C(\C=N)c5c(F)c(F)c(C#N)c(F)c5C=N)cc4n(C)c3c21. The lowest BCUT2D eigenvalue weighted by atomic mass is 9.96. The van der Waals surface area contributed by atoms with Crippen LogP contribution >= 0.6 is 34.0 Å². The number of allylic oxidation sites excluding steroid dienone is 2. The quantitative estimate of drug-likeness (QED) is 0.0690. The number of nitrogens with one attached hydrogen (secondary N) is 4. The van der Waals surface area contributed by atoms with Crippen LogP contribution in [0.5, 0.6) is 0 Å². The molecule has 0 fully saturated rings. The van der Waals surface area contributed by atoms with Crippen LogP contribution in [0.2, 0.25) is 0 Å². The topological polar surface area (TPSA) is 153 Å². The van der Waals surface area contributed by atoms with Crippen molar-refractivity contribution in [2.45, 2.75) is 0 Å². The van der Waals surface area contributed by atoms with E-state index in [1.807, 2.05) is 23.2 Å². The van der Waals surface area contributed by atoms with Crippen molar-refractivity contribution in [2.24, 2.45) is 14.1 Å². The van der Waals surface area contributed by atoms with Gasteiger partial charge in [-0.25, -0.2) is 26.3 Å². The van der Waals surface area contributed by atoms with Gasteiger partial charge in [0.05, 0.1) is 52.0 Å². The molecule has 17 heteroatoms. The minimum absolute atomic E-state index is 0.217. The monoisotopic (exact) mass is 772 g/mol. The van der Waals surface area contributed by atoms with Gasteiger partial charge < -0.3 is 30.8 Å². The van der Waals surface area contributed by atoms with E-state index < -0.39 is 68.3 Å². The minimum atomic E-state index is -1.71. The van der Waals surface area contributed by atoms with Crippen LogP contribution in [0.15, 0.2) is 12.1 Å². The zero-order valence-electron chi connectivity index (χ0n) is 26.9. The molecular weight excluding hydrogens is 755 g/mol. The fourth-order valence-corrected chi connectivity index (χ4v) is 10.3. The van der Waals surface area contributed by atoms with Crippen molar-refractivity contribution in [3.05, 3.63) is 90.2 Å². The smallest absolute Gasteiger partial charge is 0.180 e. The first-order chi connectivity index (χ1) is 25.4. The van der Waals surface area contributed by atoms with Crippen LogP contribution < -0.4 is 0 Å². The van der Waals surface area contributed by atoms with Gasteiger partial charge >= 0.3 is 0 Å². The lowest BCUT2D eigenvalue weighted by molar-refractivity contribution is 0.488. The summed E-state index contributed by atoms with van der Waals surface area (Å²) < 4.78 is 96.6. The first-order valence-electron chi connectivity index (χ1n) is 15.0. The molecule has 262 valence electrons. The van der Waals surface area contributed by atoms with Crippen molar-refractivity contribution in [1.82, 2.24) is 9.13 Å². The highest BCUT2D eigenvalue weighted by Crippen LogP contribution is 2.49. The molecular formula is C36H18F6N8S3. The van der Waals surface area contributed by atoms with Crippen LogP contribution in [0.25, 0.3) is 64.2 Å². The normalized spacial score (nSPS) is 12.3. The number of hydrogen-bond acceptors (Lipinski definition) is 9. The van der Waals surface area contributed by atoms with Crippen LogP contribution in [-0.2, 0) is 14.1 Å². The average Bonchev–Trinajstić information content (AvgIpc) is 3.94. The van der Waals surface area contributed by atoms with E-state index in [0.717, 1.165) is 40.9 Å². The summed E-state index contributed by atoms with van der Waals surface area (Å²) in [6, 6.07) is 6.34. The summed E-state index contributed by atoms with van der Waals surface area (Å²) in [7, 11) is 3.70. The highest BCUT2D eigenvalue weighted by atomic mass is 32.1. The maximum Gasteiger partial charge on any atom is 0.180 e. The van der Waals surface area contributed by atoms with Gasteiger partial charge in [-0.05, 0) is 24.3 Å². The van der Waals surface area contributed by atoms with E-state index >= 15 is 8.78 Å². The van der Waals surface area contributed by atoms with Gasteiger partial charge in [0.15, 0.2) is 34.9 Å². The number of hydrogen-bond donors (Lipinski definition) is 4. The maximum absolute atomic E-state index is 15.2. The Hall–Kier alpha value is -6.14. The minimum Gasteiger partial charge on any atom is -0.340 e. The number of nitriles is 2. The van der Waals surface area contributed by atoms with Crippen LogP contribution in [0.1, 0.15) is 43.1 Å². The molecule has 0 saturated carbocycles. The van der Waals surface area contributed by atoms with Gasteiger partial charge in [-0.2, -0.15) is 10.5 Å². The van der Waals surface area contributed by atoms with Gasteiger partial charge in [0, 0.05) is 76.5 Å². The van der Waals surface area contributed by atoms with Crippen molar-refractivity contribution in [3.63, 3.8) is 0 Å². The van der Waals surface area contributed by atoms with E-state index in [1.165, 1.54) is 58.3 Å². The zero-order chi connectivity index (χ0) is 38.2. The summed E-state index contributed by atoms with van der Waals surface area (Å²) in [5, 5.41) is 49.3. The molecule has 0 radical (unpaired) electrons. The lowest BCUT2D eigenvalue weighted by Gasteiger charge is -2.11. The van der Waals surface area contributed by atoms with Crippen molar-refractivity contribution in [1.29, 1.82) is 32.2 Å². The molecule has 0 unspecified atom stereocenters. The molecule has 0 aliphatic carbocycles. The number of halogens is 6.